The van der Waals surface area contributed by atoms with E-state index in [-0.39, 0.29) is 23.2 Å². The van der Waals surface area contributed by atoms with E-state index in [2.05, 4.69) is 5.10 Å². The number of nitrogens with zero attached hydrogens (tertiary/aromatic N) is 3. The molecule has 1 fully saturated rings. The maximum absolute atomic E-state index is 12.4. The van der Waals surface area contributed by atoms with Gasteiger partial charge in [-0.3, -0.25) is 9.48 Å². The number of hydrogen-bond donors (Lipinski definition) is 1. The van der Waals surface area contributed by atoms with Crippen LogP contribution in [-0.4, -0.2) is 44.8 Å². The van der Waals surface area contributed by atoms with Gasteiger partial charge in [-0.15, -0.1) is 0 Å². The van der Waals surface area contributed by atoms with Gasteiger partial charge < -0.3 is 10.0 Å². The minimum Gasteiger partial charge on any atom is -0.477 e. The van der Waals surface area contributed by atoms with Crippen LogP contribution in [0.4, 0.5) is 0 Å². The highest BCUT2D eigenvalue weighted by atomic mass is 16.4. The van der Waals surface area contributed by atoms with E-state index in [0.29, 0.717) is 0 Å². The van der Waals surface area contributed by atoms with Crippen molar-refractivity contribution in [3.63, 3.8) is 0 Å². The molecule has 1 aromatic rings. The molecule has 0 atom stereocenters. The standard InChI is InChI=1S/C13H19N3O3/c1-15(9-6-4-3-5-7-9)12(17)10-8-14-16(2)11(10)13(18)19/h8-9H,3-7H2,1-2H3,(H,18,19). The summed E-state index contributed by atoms with van der Waals surface area (Å²) in [5.41, 5.74) is 0.121. The highest BCUT2D eigenvalue weighted by molar-refractivity contribution is 6.03. The van der Waals surface area contributed by atoms with E-state index < -0.39 is 5.97 Å². The van der Waals surface area contributed by atoms with Crippen LogP contribution in [0.25, 0.3) is 0 Å². The molecule has 1 heterocycles. The largest absolute Gasteiger partial charge is 0.477 e. The lowest BCUT2D eigenvalue weighted by Gasteiger charge is -2.31. The van der Waals surface area contributed by atoms with Gasteiger partial charge in [0.2, 0.25) is 0 Å². The zero-order chi connectivity index (χ0) is 14.0. The monoisotopic (exact) mass is 265 g/mol. The van der Waals surface area contributed by atoms with E-state index in [1.165, 1.54) is 24.3 Å². The summed E-state index contributed by atoms with van der Waals surface area (Å²) in [6.45, 7) is 0. The summed E-state index contributed by atoms with van der Waals surface area (Å²) in [5, 5.41) is 13.0. The Morgan fingerprint density at radius 2 is 2.00 bits per heavy atom. The van der Waals surface area contributed by atoms with E-state index in [1.807, 2.05) is 0 Å². The molecule has 104 valence electrons. The Balaban J connectivity index is 2.21. The molecule has 19 heavy (non-hydrogen) atoms. The molecule has 1 aliphatic carbocycles. The molecule has 1 aliphatic rings. The number of carboxylic acid groups (broad SMARTS) is 1. The van der Waals surface area contributed by atoms with Gasteiger partial charge in [-0.1, -0.05) is 19.3 Å². The Hall–Kier alpha value is -1.85. The van der Waals surface area contributed by atoms with Crippen LogP contribution in [0, 0.1) is 0 Å². The minimum absolute atomic E-state index is 0.0485. The van der Waals surface area contributed by atoms with Crippen LogP contribution in [0.5, 0.6) is 0 Å². The average molecular weight is 265 g/mol. The number of aromatic carboxylic acids is 1. The second-order valence-corrected chi connectivity index (χ2v) is 5.04. The Labute approximate surface area is 112 Å². The molecule has 1 aromatic heterocycles. The maximum atomic E-state index is 12.4. The molecular weight excluding hydrogens is 246 g/mol. The zero-order valence-corrected chi connectivity index (χ0v) is 11.3. The number of amides is 1. The highest BCUT2D eigenvalue weighted by Gasteiger charge is 2.28. The summed E-state index contributed by atoms with van der Waals surface area (Å²) in [6.07, 6.45) is 6.79. The van der Waals surface area contributed by atoms with E-state index >= 15 is 0 Å². The van der Waals surface area contributed by atoms with Gasteiger partial charge in [-0.25, -0.2) is 4.79 Å². The second kappa shape index (κ2) is 5.42. The first kappa shape index (κ1) is 13.6. The lowest BCUT2D eigenvalue weighted by atomic mass is 9.94. The van der Waals surface area contributed by atoms with Crippen molar-refractivity contribution in [1.29, 1.82) is 0 Å². The molecule has 0 aliphatic heterocycles. The van der Waals surface area contributed by atoms with Crippen molar-refractivity contribution >= 4 is 11.9 Å². The van der Waals surface area contributed by atoms with Crippen LogP contribution in [0.2, 0.25) is 0 Å². The average Bonchev–Trinajstić information content (AvgIpc) is 2.80. The molecule has 0 unspecified atom stereocenters. The molecule has 1 N–H and O–H groups in total. The number of carbonyl (C=O) groups excluding carboxylic acids is 1. The van der Waals surface area contributed by atoms with Crippen molar-refractivity contribution in [2.45, 2.75) is 38.1 Å². The summed E-state index contributed by atoms with van der Waals surface area (Å²) in [6, 6.07) is 0.211. The molecule has 6 nitrogen and oxygen atoms in total. The number of carbonyl (C=O) groups is 2. The third-order valence-electron chi connectivity index (χ3n) is 3.81. The van der Waals surface area contributed by atoms with Crippen LogP contribution >= 0.6 is 0 Å². The lowest BCUT2D eigenvalue weighted by molar-refractivity contribution is 0.0647. The molecule has 0 aromatic carbocycles. The smallest absolute Gasteiger partial charge is 0.354 e. The summed E-state index contributed by atoms with van der Waals surface area (Å²) >= 11 is 0. The van der Waals surface area contributed by atoms with Crippen molar-refractivity contribution in [3.8, 4) is 0 Å². The Kier molecular flexibility index (Phi) is 3.87. The summed E-state index contributed by atoms with van der Waals surface area (Å²) in [4.78, 5) is 25.2. The maximum Gasteiger partial charge on any atom is 0.354 e. The van der Waals surface area contributed by atoms with Gasteiger partial charge in [-0.05, 0) is 12.8 Å². The predicted molar refractivity (Wildman–Crippen MR) is 69.1 cm³/mol. The van der Waals surface area contributed by atoms with Crippen LogP contribution in [0.1, 0.15) is 53.0 Å². The van der Waals surface area contributed by atoms with Crippen LogP contribution in [-0.2, 0) is 7.05 Å². The quantitative estimate of drug-likeness (QED) is 0.899. The van der Waals surface area contributed by atoms with E-state index in [9.17, 15) is 9.59 Å². The van der Waals surface area contributed by atoms with E-state index in [0.717, 1.165) is 25.7 Å². The molecule has 0 saturated heterocycles. The zero-order valence-electron chi connectivity index (χ0n) is 11.3. The first-order chi connectivity index (χ1) is 9.02. The van der Waals surface area contributed by atoms with Crippen molar-refractivity contribution in [2.75, 3.05) is 7.05 Å². The number of aryl methyl sites for hydroxylation is 1. The lowest BCUT2D eigenvalue weighted by Crippen LogP contribution is -2.38. The van der Waals surface area contributed by atoms with Gasteiger partial charge in [0.15, 0.2) is 5.69 Å². The normalized spacial score (nSPS) is 16.3. The third-order valence-corrected chi connectivity index (χ3v) is 3.81. The van der Waals surface area contributed by atoms with Crippen LogP contribution < -0.4 is 0 Å². The first-order valence-electron chi connectivity index (χ1n) is 6.55. The molecule has 0 radical (unpaired) electrons. The highest BCUT2D eigenvalue weighted by Crippen LogP contribution is 2.23. The molecule has 1 amide bonds. The number of carboxylic acids is 1. The Morgan fingerprint density at radius 1 is 1.37 bits per heavy atom. The number of rotatable bonds is 3. The fraction of sp³-hybridized carbons (Fsp3) is 0.615. The summed E-state index contributed by atoms with van der Waals surface area (Å²) in [7, 11) is 3.28. The molecule has 6 heteroatoms. The van der Waals surface area contributed by atoms with Gasteiger partial charge >= 0.3 is 5.97 Å². The minimum atomic E-state index is -1.12. The molecular formula is C13H19N3O3. The summed E-state index contributed by atoms with van der Waals surface area (Å²) < 4.78 is 1.23. The van der Waals surface area contributed by atoms with Crippen molar-refractivity contribution in [2.24, 2.45) is 7.05 Å². The van der Waals surface area contributed by atoms with E-state index in [1.54, 1.807) is 11.9 Å². The number of aromatic nitrogens is 2. The fourth-order valence-corrected chi connectivity index (χ4v) is 2.67. The van der Waals surface area contributed by atoms with Gasteiger partial charge in [0.05, 0.1) is 11.8 Å². The Morgan fingerprint density at radius 3 is 2.58 bits per heavy atom. The molecule has 0 spiro atoms. The van der Waals surface area contributed by atoms with Gasteiger partial charge in [0.25, 0.3) is 5.91 Å². The molecule has 0 bridgehead atoms. The Bertz CT molecular complexity index is 489. The first-order valence-corrected chi connectivity index (χ1v) is 6.55. The van der Waals surface area contributed by atoms with Crippen LogP contribution in [0.15, 0.2) is 6.20 Å². The molecule has 2 rings (SSSR count). The second-order valence-electron chi connectivity index (χ2n) is 5.04. The van der Waals surface area contributed by atoms with Gasteiger partial charge in [-0.2, -0.15) is 5.10 Å². The van der Waals surface area contributed by atoms with Gasteiger partial charge in [0, 0.05) is 20.1 Å². The fourth-order valence-electron chi connectivity index (χ4n) is 2.67. The SMILES string of the molecule is CN(C(=O)c1cnn(C)c1C(=O)O)C1CCCCC1. The predicted octanol–water partition coefficient (Wildman–Crippen LogP) is 1.52. The van der Waals surface area contributed by atoms with Crippen molar-refractivity contribution in [1.82, 2.24) is 14.7 Å². The van der Waals surface area contributed by atoms with Crippen LogP contribution in [0.3, 0.4) is 0 Å². The van der Waals surface area contributed by atoms with Crippen molar-refractivity contribution in [3.05, 3.63) is 17.5 Å². The summed E-state index contributed by atoms with van der Waals surface area (Å²) in [5.74, 6) is -1.38. The number of hydrogen-bond acceptors (Lipinski definition) is 3. The van der Waals surface area contributed by atoms with Crippen molar-refractivity contribution < 1.29 is 14.7 Å². The van der Waals surface area contributed by atoms with Gasteiger partial charge in [0.1, 0.15) is 0 Å². The molecule has 1 saturated carbocycles. The van der Waals surface area contributed by atoms with E-state index in [4.69, 9.17) is 5.11 Å². The third kappa shape index (κ3) is 2.62. The topological polar surface area (TPSA) is 75.4 Å².